The third-order valence-electron chi connectivity index (χ3n) is 3.75. The summed E-state index contributed by atoms with van der Waals surface area (Å²) in [6.45, 7) is 4.05. The molecule has 5 nitrogen and oxygen atoms in total. The molecular weight excluding hydrogens is 252 g/mol. The summed E-state index contributed by atoms with van der Waals surface area (Å²) in [5.41, 5.74) is 6.89. The molecule has 2 rings (SSSR count). The highest BCUT2D eigenvalue weighted by Gasteiger charge is 2.29. The molecule has 0 spiro atoms. The molecule has 0 saturated carbocycles. The van der Waals surface area contributed by atoms with Gasteiger partial charge in [0.25, 0.3) is 0 Å². The fourth-order valence-electron chi connectivity index (χ4n) is 2.66. The first-order chi connectivity index (χ1) is 9.62. The fourth-order valence-corrected chi connectivity index (χ4v) is 2.66. The van der Waals surface area contributed by atoms with Gasteiger partial charge in [0.15, 0.2) is 0 Å². The van der Waals surface area contributed by atoms with Gasteiger partial charge < -0.3 is 11.1 Å². The van der Waals surface area contributed by atoms with Gasteiger partial charge in [-0.15, -0.1) is 0 Å². The van der Waals surface area contributed by atoms with Crippen LogP contribution in [0.5, 0.6) is 0 Å². The molecule has 2 unspecified atom stereocenters. The highest BCUT2D eigenvalue weighted by atomic mass is 16.2. The van der Waals surface area contributed by atoms with Gasteiger partial charge in [0.1, 0.15) is 0 Å². The van der Waals surface area contributed by atoms with Crippen molar-refractivity contribution < 1.29 is 4.79 Å². The van der Waals surface area contributed by atoms with E-state index in [0.29, 0.717) is 36.3 Å². The van der Waals surface area contributed by atoms with Crippen LogP contribution in [0.4, 0.5) is 5.69 Å². The van der Waals surface area contributed by atoms with E-state index in [2.05, 4.69) is 23.2 Å². The summed E-state index contributed by atoms with van der Waals surface area (Å²) in [7, 11) is 0. The van der Waals surface area contributed by atoms with E-state index in [0.717, 1.165) is 13.0 Å². The van der Waals surface area contributed by atoms with Gasteiger partial charge in [0.2, 0.25) is 5.91 Å². The predicted molar refractivity (Wildman–Crippen MR) is 78.0 cm³/mol. The van der Waals surface area contributed by atoms with Crippen LogP contribution in [0.3, 0.4) is 0 Å². The molecule has 106 valence electrons. The zero-order valence-electron chi connectivity index (χ0n) is 11.7. The number of amides is 1. The van der Waals surface area contributed by atoms with Crippen LogP contribution in [0.2, 0.25) is 0 Å². The molecular formula is C15H20N4O. The lowest BCUT2D eigenvalue weighted by Crippen LogP contribution is -2.36. The zero-order valence-corrected chi connectivity index (χ0v) is 11.7. The van der Waals surface area contributed by atoms with Crippen LogP contribution >= 0.6 is 0 Å². The second-order valence-corrected chi connectivity index (χ2v) is 5.36. The maximum Gasteiger partial charge on any atom is 0.238 e. The van der Waals surface area contributed by atoms with E-state index < -0.39 is 0 Å². The zero-order chi connectivity index (χ0) is 14.5. The van der Waals surface area contributed by atoms with Gasteiger partial charge in [-0.05, 0) is 44.0 Å². The van der Waals surface area contributed by atoms with Gasteiger partial charge in [-0.3, -0.25) is 9.69 Å². The van der Waals surface area contributed by atoms with Crippen molar-refractivity contribution in [3.63, 3.8) is 0 Å². The van der Waals surface area contributed by atoms with Crippen molar-refractivity contribution in [2.45, 2.75) is 19.4 Å². The summed E-state index contributed by atoms with van der Waals surface area (Å²) >= 11 is 0. The lowest BCUT2D eigenvalue weighted by molar-refractivity contribution is -0.117. The molecule has 3 N–H and O–H groups in total. The van der Waals surface area contributed by atoms with Crippen molar-refractivity contribution in [1.82, 2.24) is 4.90 Å². The Morgan fingerprint density at radius 1 is 1.60 bits per heavy atom. The van der Waals surface area contributed by atoms with E-state index in [4.69, 9.17) is 11.0 Å². The lowest BCUT2D eigenvalue weighted by Gasteiger charge is -2.20. The maximum absolute atomic E-state index is 12.0. The van der Waals surface area contributed by atoms with Crippen molar-refractivity contribution in [2.75, 3.05) is 25.0 Å². The number of carbonyl (C=O) groups is 1. The number of hydrogen-bond donors (Lipinski definition) is 2. The average Bonchev–Trinajstić information content (AvgIpc) is 2.79. The summed E-state index contributed by atoms with van der Waals surface area (Å²) in [6.07, 6.45) is 1.05. The van der Waals surface area contributed by atoms with E-state index in [9.17, 15) is 4.79 Å². The van der Waals surface area contributed by atoms with Crippen LogP contribution in [-0.2, 0) is 4.79 Å². The third-order valence-corrected chi connectivity index (χ3v) is 3.75. The molecule has 5 heteroatoms. The quantitative estimate of drug-likeness (QED) is 0.862. The number of hydrogen-bond acceptors (Lipinski definition) is 4. The Labute approximate surface area is 119 Å². The lowest BCUT2D eigenvalue weighted by atomic mass is 10.1. The van der Waals surface area contributed by atoms with Crippen LogP contribution in [0.25, 0.3) is 0 Å². The first-order valence-corrected chi connectivity index (χ1v) is 6.86. The van der Waals surface area contributed by atoms with Crippen LogP contribution in [0.15, 0.2) is 24.3 Å². The normalized spacial score (nSPS) is 22.4. The molecule has 1 heterocycles. The Hall–Kier alpha value is -1.90. The highest BCUT2D eigenvalue weighted by molar-refractivity contribution is 5.92. The predicted octanol–water partition coefficient (Wildman–Crippen LogP) is 1.17. The Balaban J connectivity index is 1.91. The molecule has 1 saturated heterocycles. The molecule has 0 aliphatic carbocycles. The number of rotatable bonds is 4. The maximum atomic E-state index is 12.0. The summed E-state index contributed by atoms with van der Waals surface area (Å²) in [4.78, 5) is 14.2. The second-order valence-electron chi connectivity index (χ2n) is 5.36. The molecule has 1 fully saturated rings. The van der Waals surface area contributed by atoms with Gasteiger partial charge >= 0.3 is 0 Å². The number of nitrogens with one attached hydrogen (secondary N) is 1. The Bertz CT molecular complexity index is 523. The molecule has 0 radical (unpaired) electrons. The number of carbonyl (C=O) groups excluding carboxylic acids is 1. The molecule has 1 amide bonds. The first-order valence-electron chi connectivity index (χ1n) is 6.86. The number of likely N-dealkylation sites (tertiary alicyclic amines) is 1. The van der Waals surface area contributed by atoms with Crippen LogP contribution in [0, 0.1) is 17.2 Å². The highest BCUT2D eigenvalue weighted by Crippen LogP contribution is 2.21. The van der Waals surface area contributed by atoms with E-state index in [-0.39, 0.29) is 5.91 Å². The first kappa shape index (κ1) is 14.5. The summed E-state index contributed by atoms with van der Waals surface area (Å²) in [5, 5.41) is 11.7. The molecule has 0 aromatic heterocycles. The third kappa shape index (κ3) is 3.56. The minimum absolute atomic E-state index is 0.0513. The van der Waals surface area contributed by atoms with Gasteiger partial charge in [-0.25, -0.2) is 0 Å². The summed E-state index contributed by atoms with van der Waals surface area (Å²) in [6, 6.07) is 9.38. The van der Waals surface area contributed by atoms with E-state index in [1.165, 1.54) is 0 Å². The van der Waals surface area contributed by atoms with Crippen LogP contribution in [0.1, 0.15) is 18.9 Å². The molecule has 1 aliphatic rings. The Kier molecular flexibility index (Phi) is 4.72. The van der Waals surface area contributed by atoms with Crippen LogP contribution in [-0.4, -0.2) is 36.5 Å². The summed E-state index contributed by atoms with van der Waals surface area (Å²) < 4.78 is 0. The largest absolute Gasteiger partial charge is 0.330 e. The number of nitrogens with two attached hydrogens (primary N) is 1. The fraction of sp³-hybridized carbons (Fsp3) is 0.467. The smallest absolute Gasteiger partial charge is 0.238 e. The minimum atomic E-state index is -0.0513. The molecule has 1 aliphatic heterocycles. The summed E-state index contributed by atoms with van der Waals surface area (Å²) in [5.74, 6) is 0.435. The number of benzene rings is 1. The van der Waals surface area contributed by atoms with Crippen molar-refractivity contribution >= 4 is 11.6 Å². The topological polar surface area (TPSA) is 82.2 Å². The van der Waals surface area contributed by atoms with E-state index in [1.54, 1.807) is 24.3 Å². The van der Waals surface area contributed by atoms with Gasteiger partial charge in [0.05, 0.1) is 18.2 Å². The van der Waals surface area contributed by atoms with Crippen molar-refractivity contribution in [3.8, 4) is 6.07 Å². The number of nitrogens with zero attached hydrogens (tertiary/aromatic N) is 2. The van der Waals surface area contributed by atoms with E-state index >= 15 is 0 Å². The van der Waals surface area contributed by atoms with Crippen molar-refractivity contribution in [2.24, 2.45) is 11.7 Å². The molecule has 20 heavy (non-hydrogen) atoms. The average molecular weight is 272 g/mol. The van der Waals surface area contributed by atoms with Gasteiger partial charge in [-0.2, -0.15) is 5.26 Å². The Morgan fingerprint density at radius 2 is 2.40 bits per heavy atom. The Morgan fingerprint density at radius 3 is 3.05 bits per heavy atom. The SMILES string of the molecule is CC1CC(CN)CN1CC(=O)Nc1cccc(C#N)c1. The number of anilines is 1. The van der Waals surface area contributed by atoms with Crippen LogP contribution < -0.4 is 11.1 Å². The molecule has 0 bridgehead atoms. The van der Waals surface area contributed by atoms with E-state index in [1.807, 2.05) is 0 Å². The molecule has 1 aromatic rings. The van der Waals surface area contributed by atoms with Gasteiger partial charge in [-0.1, -0.05) is 6.07 Å². The number of nitriles is 1. The molecule has 1 aromatic carbocycles. The van der Waals surface area contributed by atoms with Gasteiger partial charge in [0, 0.05) is 18.3 Å². The second kappa shape index (κ2) is 6.51. The monoisotopic (exact) mass is 272 g/mol. The van der Waals surface area contributed by atoms with Crippen molar-refractivity contribution in [1.29, 1.82) is 5.26 Å². The minimum Gasteiger partial charge on any atom is -0.330 e. The molecule has 2 atom stereocenters. The van der Waals surface area contributed by atoms with Crippen molar-refractivity contribution in [3.05, 3.63) is 29.8 Å². The standard InChI is InChI=1S/C15H20N4O/c1-11-5-13(8-17)9-19(11)10-15(20)18-14-4-2-3-12(6-14)7-16/h2-4,6,11,13H,5,8-10,17H2,1H3,(H,18,20).